The van der Waals surface area contributed by atoms with Crippen LogP contribution in [0.2, 0.25) is 0 Å². The Labute approximate surface area is 162 Å². The lowest BCUT2D eigenvalue weighted by molar-refractivity contribution is -1.56. The summed E-state index contributed by atoms with van der Waals surface area (Å²) < 4.78 is -0.297. The molecule has 4 aliphatic heterocycles. The number of urea groups is 1. The topological polar surface area (TPSA) is 85.7 Å². The van der Waals surface area contributed by atoms with Crippen LogP contribution in [-0.2, 0) is 9.63 Å². The van der Waals surface area contributed by atoms with E-state index in [0.717, 1.165) is 11.3 Å². The van der Waals surface area contributed by atoms with Crippen molar-refractivity contribution in [2.45, 2.75) is 38.3 Å². The van der Waals surface area contributed by atoms with Gasteiger partial charge in [0.1, 0.15) is 19.0 Å². The zero-order chi connectivity index (χ0) is 19.6. The van der Waals surface area contributed by atoms with Crippen molar-refractivity contribution in [3.05, 3.63) is 11.6 Å². The largest absolute Gasteiger partial charge is 0.480 e. The molecule has 0 aromatic heterocycles. The number of carbonyl (C=O) groups is 2. The van der Waals surface area contributed by atoms with E-state index in [1.807, 2.05) is 23.5 Å². The van der Waals surface area contributed by atoms with Gasteiger partial charge >= 0.3 is 23.8 Å². The summed E-state index contributed by atoms with van der Waals surface area (Å²) in [5.74, 6) is 0.131. The molecule has 27 heavy (non-hydrogen) atoms. The molecule has 4 aliphatic rings. The van der Waals surface area contributed by atoms with Gasteiger partial charge in [-0.2, -0.15) is 0 Å². The van der Waals surface area contributed by atoms with E-state index in [-0.39, 0.29) is 16.0 Å². The van der Waals surface area contributed by atoms with Crippen LogP contribution in [-0.4, -0.2) is 98.7 Å². The molecule has 10 nitrogen and oxygen atoms in total. The molecular weight excluding hydrogens is 372 g/mol. The number of quaternary nitrogens is 2. The molecule has 0 radical (unpaired) electrons. The van der Waals surface area contributed by atoms with Crippen molar-refractivity contribution in [2.24, 2.45) is 4.99 Å². The number of likely N-dealkylation sites (N-methyl/N-ethyl adjacent to an activating group) is 2. The number of carbonyl (C=O) groups excluding carboxylic acids is 2. The molecule has 5 unspecified atom stereocenters. The van der Waals surface area contributed by atoms with Gasteiger partial charge in [0, 0.05) is 13.6 Å². The Morgan fingerprint density at radius 1 is 1.52 bits per heavy atom. The number of amides is 3. The molecule has 0 saturated carbocycles. The lowest BCUT2D eigenvalue weighted by atomic mass is 10.0. The van der Waals surface area contributed by atoms with Gasteiger partial charge in [-0.3, -0.25) is 4.79 Å². The van der Waals surface area contributed by atoms with E-state index in [4.69, 9.17) is 4.84 Å². The summed E-state index contributed by atoms with van der Waals surface area (Å²) in [6.07, 6.45) is 2.77. The molecule has 3 amide bonds. The number of hydroxylamine groups is 1. The van der Waals surface area contributed by atoms with Crippen LogP contribution in [0.1, 0.15) is 20.3 Å². The highest BCUT2D eigenvalue weighted by Gasteiger charge is 2.89. The molecule has 4 rings (SSSR count). The van der Waals surface area contributed by atoms with Gasteiger partial charge in [-0.05, 0) is 23.3 Å². The third kappa shape index (κ3) is 2.03. The maximum absolute atomic E-state index is 13.4. The van der Waals surface area contributed by atoms with Gasteiger partial charge in [-0.25, -0.2) is 14.7 Å². The Kier molecular flexibility index (Phi) is 4.10. The minimum Gasteiger partial charge on any atom is -0.387 e. The highest BCUT2D eigenvalue weighted by molar-refractivity contribution is 8.02. The van der Waals surface area contributed by atoms with Crippen molar-refractivity contribution in [1.82, 2.24) is 14.8 Å². The molecule has 11 heteroatoms. The zero-order valence-electron chi connectivity index (χ0n) is 16.0. The van der Waals surface area contributed by atoms with Gasteiger partial charge < -0.3 is 10.0 Å². The summed E-state index contributed by atoms with van der Waals surface area (Å²) in [6.45, 7) is 4.36. The molecule has 0 aliphatic carbocycles. The number of hydrogen-bond acceptors (Lipinski definition) is 8. The van der Waals surface area contributed by atoms with Crippen molar-refractivity contribution in [3.63, 3.8) is 0 Å². The Morgan fingerprint density at radius 2 is 2.26 bits per heavy atom. The number of nitrogens with zero attached hydrogens (tertiary/aromatic N) is 6. The smallest absolute Gasteiger partial charge is 0.387 e. The maximum Gasteiger partial charge on any atom is 0.480 e. The number of aliphatic hydroxyl groups is 1. The van der Waals surface area contributed by atoms with Crippen molar-refractivity contribution < 1.29 is 29.0 Å². The van der Waals surface area contributed by atoms with Crippen molar-refractivity contribution in [3.8, 4) is 0 Å². The van der Waals surface area contributed by atoms with Crippen LogP contribution in [0.3, 0.4) is 0 Å². The number of rotatable bonds is 5. The van der Waals surface area contributed by atoms with Crippen LogP contribution in [0.15, 0.2) is 16.6 Å². The molecule has 1 N–H and O–H groups in total. The second-order valence-corrected chi connectivity index (χ2v) is 8.37. The number of aliphatic imine (C=N–C) groups is 1. The first kappa shape index (κ1) is 18.7. The number of aliphatic hydroxyl groups excluding tert-OH is 1. The summed E-state index contributed by atoms with van der Waals surface area (Å²) >= 11 is 1.56. The van der Waals surface area contributed by atoms with Crippen LogP contribution >= 0.6 is 11.8 Å². The Balaban J connectivity index is 1.95. The fourth-order valence-corrected chi connectivity index (χ4v) is 5.28. The average Bonchev–Trinajstić information content (AvgIpc) is 3.30. The number of thioether (sulfide) groups is 1. The van der Waals surface area contributed by atoms with Gasteiger partial charge in [0.25, 0.3) is 0 Å². The molecular formula is C16H26N6O4S+2. The molecule has 4 heterocycles. The highest BCUT2D eigenvalue weighted by atomic mass is 32.2. The van der Waals surface area contributed by atoms with Crippen LogP contribution in [0, 0.1) is 0 Å². The molecule has 0 aromatic rings. The fraction of sp³-hybridized carbons (Fsp3) is 0.688. The van der Waals surface area contributed by atoms with E-state index in [9.17, 15) is 14.7 Å². The first-order valence-electron chi connectivity index (χ1n) is 9.07. The first-order chi connectivity index (χ1) is 12.8. The van der Waals surface area contributed by atoms with Gasteiger partial charge in [-0.1, -0.05) is 11.8 Å². The summed E-state index contributed by atoms with van der Waals surface area (Å²) in [7, 11) is 3.23. The number of hydrogen-bond donors (Lipinski definition) is 1. The zero-order valence-corrected chi connectivity index (χ0v) is 16.8. The standard InChI is InChI=1S/C16H26N6O4S/c1-5-6-19-10-17-13-16(19)14(24)18(3)15(25)21(13,4)22(26-16,9-12(2)23)20-7-8-27-11-20/h7-8,10,12-13,23H,5-6,9,11H2,1-4H3/q+2. The molecule has 2 bridgehead atoms. The van der Waals surface area contributed by atoms with Gasteiger partial charge in [-0.15, -0.1) is 16.8 Å². The summed E-state index contributed by atoms with van der Waals surface area (Å²) in [4.78, 5) is 40.6. The minimum atomic E-state index is -1.40. The molecule has 2 fully saturated rings. The van der Waals surface area contributed by atoms with Crippen LogP contribution in [0.4, 0.5) is 4.79 Å². The van der Waals surface area contributed by atoms with Crippen molar-refractivity contribution in [1.29, 1.82) is 0 Å². The number of imide groups is 1. The monoisotopic (exact) mass is 398 g/mol. The lowest BCUT2D eigenvalue weighted by Gasteiger charge is -2.44. The van der Waals surface area contributed by atoms with E-state index in [1.54, 1.807) is 37.0 Å². The minimum absolute atomic E-state index is 0.113. The third-order valence-corrected chi connectivity index (χ3v) is 6.45. The Hall–Kier alpha value is -1.66. The summed E-state index contributed by atoms with van der Waals surface area (Å²) in [5.41, 5.74) is -1.40. The van der Waals surface area contributed by atoms with Crippen molar-refractivity contribution in [2.75, 3.05) is 33.1 Å². The molecule has 0 aromatic carbocycles. The Morgan fingerprint density at radius 3 is 2.85 bits per heavy atom. The van der Waals surface area contributed by atoms with Crippen LogP contribution < -0.4 is 0 Å². The normalized spacial score (nSPS) is 41.1. The molecule has 2 saturated heterocycles. The summed E-state index contributed by atoms with van der Waals surface area (Å²) in [6, 6.07) is -0.403. The highest BCUT2D eigenvalue weighted by Crippen LogP contribution is 2.54. The molecule has 5 atom stereocenters. The second kappa shape index (κ2) is 5.92. The summed E-state index contributed by atoms with van der Waals surface area (Å²) in [5, 5.41) is 14.1. The quantitative estimate of drug-likeness (QED) is 0.665. The predicted octanol–water partition coefficient (Wildman–Crippen LogP) is 0.252. The van der Waals surface area contributed by atoms with E-state index >= 15 is 0 Å². The van der Waals surface area contributed by atoms with Gasteiger partial charge in [0.05, 0.1) is 17.4 Å². The molecule has 0 spiro atoms. The van der Waals surface area contributed by atoms with Gasteiger partial charge in [0.2, 0.25) is 6.54 Å². The van der Waals surface area contributed by atoms with E-state index < -0.39 is 29.9 Å². The fourth-order valence-electron chi connectivity index (χ4n) is 4.55. The second-order valence-electron chi connectivity index (χ2n) is 7.51. The lowest BCUT2D eigenvalue weighted by Crippen LogP contribution is -2.80. The van der Waals surface area contributed by atoms with Crippen LogP contribution in [0.25, 0.3) is 0 Å². The SMILES string of the molecule is CCCN1C=NC2C13O[N+](CC(C)O)(N1C=CSC1)[N+]2(C)C(=O)N(C)C3=O. The van der Waals surface area contributed by atoms with Gasteiger partial charge in [0.15, 0.2) is 0 Å². The average molecular weight is 398 g/mol. The Bertz CT molecular complexity index is 746. The van der Waals surface area contributed by atoms with Crippen LogP contribution in [0.5, 0.6) is 0 Å². The van der Waals surface area contributed by atoms with E-state index in [1.165, 1.54) is 7.05 Å². The van der Waals surface area contributed by atoms with Crippen molar-refractivity contribution >= 4 is 30.0 Å². The first-order valence-corrected chi connectivity index (χ1v) is 10.1. The van der Waals surface area contributed by atoms with E-state index in [0.29, 0.717) is 12.4 Å². The predicted molar refractivity (Wildman–Crippen MR) is 97.7 cm³/mol. The van der Waals surface area contributed by atoms with E-state index in [2.05, 4.69) is 4.99 Å². The third-order valence-electron chi connectivity index (χ3n) is 5.72. The molecule has 148 valence electrons. The maximum atomic E-state index is 13.4.